The van der Waals surface area contributed by atoms with Crippen molar-refractivity contribution in [3.05, 3.63) is 64.5 Å². The van der Waals surface area contributed by atoms with E-state index in [-0.39, 0.29) is 38.0 Å². The number of nitrogens with one attached hydrogen (secondary N) is 1. The summed E-state index contributed by atoms with van der Waals surface area (Å²) in [4.78, 5) is 46.8. The van der Waals surface area contributed by atoms with Gasteiger partial charge in [0.2, 0.25) is 17.6 Å². The molecule has 1 aliphatic rings. The molecule has 2 heterocycles. The van der Waals surface area contributed by atoms with Crippen molar-refractivity contribution in [3.63, 3.8) is 0 Å². The number of benzene rings is 2. The molecule has 0 atom stereocenters. The second-order valence-electron chi connectivity index (χ2n) is 11.5. The Morgan fingerprint density at radius 3 is 2.30 bits per heavy atom. The van der Waals surface area contributed by atoms with Crippen LogP contribution in [0.2, 0.25) is 5.02 Å². The molecule has 0 spiro atoms. The maximum atomic E-state index is 13.7. The van der Waals surface area contributed by atoms with Gasteiger partial charge in [0, 0.05) is 52.3 Å². The van der Waals surface area contributed by atoms with Crippen LogP contribution in [0.25, 0.3) is 11.4 Å². The fourth-order valence-corrected chi connectivity index (χ4v) is 4.97. The smallest absolute Gasteiger partial charge is 0.410 e. The summed E-state index contributed by atoms with van der Waals surface area (Å²) in [6.45, 7) is 10.7. The second kappa shape index (κ2) is 14.2. The molecule has 0 bridgehead atoms. The van der Waals surface area contributed by atoms with E-state index in [1.807, 2.05) is 24.1 Å². The Morgan fingerprint density at radius 2 is 1.70 bits per heavy atom. The topological polar surface area (TPSA) is 124 Å². The van der Waals surface area contributed by atoms with E-state index < -0.39 is 11.7 Å². The van der Waals surface area contributed by atoms with Crippen molar-refractivity contribution in [1.29, 1.82) is 0 Å². The minimum atomic E-state index is -0.665. The molecule has 13 heteroatoms. The van der Waals surface area contributed by atoms with Gasteiger partial charge in [-0.1, -0.05) is 41.0 Å². The maximum absolute atomic E-state index is 13.7. The molecule has 12 nitrogen and oxygen atoms in total. The molecule has 236 valence electrons. The quantitative estimate of drug-likeness (QED) is 0.333. The monoisotopic (exact) mass is 625 g/mol. The molecule has 44 heavy (non-hydrogen) atoms. The van der Waals surface area contributed by atoms with Crippen LogP contribution in [0.3, 0.4) is 0 Å². The van der Waals surface area contributed by atoms with Gasteiger partial charge in [0.15, 0.2) is 0 Å². The van der Waals surface area contributed by atoms with Crippen molar-refractivity contribution < 1.29 is 23.6 Å². The predicted octanol–water partition coefficient (Wildman–Crippen LogP) is 4.27. The zero-order valence-corrected chi connectivity index (χ0v) is 26.8. The first-order valence-corrected chi connectivity index (χ1v) is 14.9. The molecule has 4 rings (SSSR count). The van der Waals surface area contributed by atoms with Gasteiger partial charge >= 0.3 is 6.09 Å². The average molecular weight is 626 g/mol. The van der Waals surface area contributed by atoms with Crippen LogP contribution in [-0.4, -0.2) is 88.3 Å². The lowest BCUT2D eigenvalue weighted by molar-refractivity contribution is -0.145. The fourth-order valence-electron chi connectivity index (χ4n) is 4.75. The third kappa shape index (κ3) is 8.34. The predicted molar refractivity (Wildman–Crippen MR) is 167 cm³/mol. The Balaban J connectivity index is 1.46. The molecule has 0 saturated carbocycles. The summed E-state index contributed by atoms with van der Waals surface area (Å²) in [5.74, 6) is 0.244. The zero-order valence-electron chi connectivity index (χ0n) is 26.1. The highest BCUT2D eigenvalue weighted by Gasteiger charge is 2.27. The van der Waals surface area contributed by atoms with Crippen LogP contribution in [0.1, 0.15) is 44.7 Å². The summed E-state index contributed by atoms with van der Waals surface area (Å²) in [6.07, 6.45) is -0.481. The molecule has 0 fully saturated rings. The molecule has 1 aliphatic heterocycles. The SMILES string of the molecule is CCN(CCN(C(=O)CNCC(=O)N(C)N1Cc2ccccc2C1)c1cc(-c2noc(C)n2)ccc1Cl)C(=O)OC(C)(C)C. The summed E-state index contributed by atoms with van der Waals surface area (Å²) in [7, 11) is 1.73. The van der Waals surface area contributed by atoms with Crippen LogP contribution in [0.5, 0.6) is 0 Å². The van der Waals surface area contributed by atoms with Crippen molar-refractivity contribution in [3.8, 4) is 11.4 Å². The number of hydrogen-bond acceptors (Lipinski definition) is 9. The van der Waals surface area contributed by atoms with Crippen LogP contribution in [-0.2, 0) is 27.4 Å². The van der Waals surface area contributed by atoms with Gasteiger partial charge in [0.1, 0.15) is 5.60 Å². The van der Waals surface area contributed by atoms with E-state index in [0.29, 0.717) is 47.6 Å². The van der Waals surface area contributed by atoms with Gasteiger partial charge < -0.3 is 19.1 Å². The highest BCUT2D eigenvalue weighted by Crippen LogP contribution is 2.31. The Hall–Kier alpha value is -4.00. The lowest BCUT2D eigenvalue weighted by Crippen LogP contribution is -2.48. The number of nitrogens with zero attached hydrogens (tertiary/aromatic N) is 6. The molecule has 2 aromatic carbocycles. The Morgan fingerprint density at radius 1 is 1.05 bits per heavy atom. The van der Waals surface area contributed by atoms with E-state index in [4.69, 9.17) is 20.9 Å². The average Bonchev–Trinajstić information content (AvgIpc) is 3.61. The van der Waals surface area contributed by atoms with Crippen LogP contribution >= 0.6 is 11.6 Å². The summed E-state index contributed by atoms with van der Waals surface area (Å²) in [5.41, 5.74) is 2.73. The van der Waals surface area contributed by atoms with Gasteiger partial charge in [-0.05, 0) is 57.0 Å². The summed E-state index contributed by atoms with van der Waals surface area (Å²) < 4.78 is 10.7. The van der Waals surface area contributed by atoms with Gasteiger partial charge in [-0.15, -0.1) is 0 Å². The molecule has 1 aromatic heterocycles. The molecule has 3 aromatic rings. The second-order valence-corrected chi connectivity index (χ2v) is 11.9. The maximum Gasteiger partial charge on any atom is 0.410 e. The van der Waals surface area contributed by atoms with Crippen LogP contribution in [0.15, 0.2) is 47.0 Å². The lowest BCUT2D eigenvalue weighted by Gasteiger charge is -2.30. The molecule has 3 amide bonds. The van der Waals surface area contributed by atoms with Gasteiger partial charge in [-0.3, -0.25) is 19.9 Å². The first kappa shape index (κ1) is 32.9. The van der Waals surface area contributed by atoms with Crippen LogP contribution in [0.4, 0.5) is 10.5 Å². The number of likely N-dealkylation sites (N-methyl/N-ethyl adjacent to an activating group) is 2. The van der Waals surface area contributed by atoms with Crippen molar-refractivity contribution in [2.45, 2.75) is 53.3 Å². The molecular formula is C31H40ClN7O5. The third-order valence-electron chi connectivity index (χ3n) is 7.11. The fraction of sp³-hybridized carbons (Fsp3) is 0.452. The first-order valence-electron chi connectivity index (χ1n) is 14.5. The molecular weight excluding hydrogens is 586 g/mol. The van der Waals surface area contributed by atoms with E-state index in [1.54, 1.807) is 58.0 Å². The Kier molecular flexibility index (Phi) is 10.6. The van der Waals surface area contributed by atoms with Gasteiger partial charge in [-0.25, -0.2) is 9.80 Å². The number of aryl methyl sites for hydroxylation is 1. The Labute approximate surface area is 262 Å². The van der Waals surface area contributed by atoms with Crippen molar-refractivity contribution in [2.24, 2.45) is 0 Å². The summed E-state index contributed by atoms with van der Waals surface area (Å²) in [6, 6.07) is 13.2. The minimum Gasteiger partial charge on any atom is -0.444 e. The molecule has 0 radical (unpaired) electrons. The summed E-state index contributed by atoms with van der Waals surface area (Å²) >= 11 is 6.61. The molecule has 0 unspecified atom stereocenters. The first-order chi connectivity index (χ1) is 20.9. The number of aromatic nitrogens is 2. The van der Waals surface area contributed by atoms with Crippen molar-refractivity contribution in [2.75, 3.05) is 44.7 Å². The lowest BCUT2D eigenvalue weighted by atomic mass is 10.1. The number of carbonyl (C=O) groups is 3. The number of carbonyl (C=O) groups excluding carboxylic acids is 3. The van der Waals surface area contributed by atoms with E-state index in [9.17, 15) is 14.4 Å². The highest BCUT2D eigenvalue weighted by molar-refractivity contribution is 6.34. The van der Waals surface area contributed by atoms with Crippen LogP contribution in [0, 0.1) is 6.92 Å². The Bertz CT molecular complexity index is 1460. The standard InChI is InChI=1S/C31H40ClN7O5/c1-7-37(30(42)43-31(3,4)5)14-15-39(26-16-22(12-13-25(26)32)29-34-21(2)44-35-29)28(41)18-33-17-27(40)36(6)38-19-23-10-8-9-11-24(23)20-38/h8-13,16,33H,7,14-15,17-20H2,1-6H3. The van der Waals surface area contributed by atoms with E-state index in [0.717, 1.165) is 0 Å². The summed E-state index contributed by atoms with van der Waals surface area (Å²) in [5, 5.41) is 10.8. The number of hydrogen-bond donors (Lipinski definition) is 1. The number of fused-ring (bicyclic) bond motifs is 1. The van der Waals surface area contributed by atoms with Gasteiger partial charge in [-0.2, -0.15) is 4.98 Å². The zero-order chi connectivity index (χ0) is 32.0. The molecule has 0 saturated heterocycles. The number of anilines is 1. The third-order valence-corrected chi connectivity index (χ3v) is 7.43. The number of hydrazine groups is 1. The van der Waals surface area contributed by atoms with Gasteiger partial charge in [0.25, 0.3) is 5.91 Å². The highest BCUT2D eigenvalue weighted by atomic mass is 35.5. The number of rotatable bonds is 11. The van der Waals surface area contributed by atoms with Crippen molar-refractivity contribution in [1.82, 2.24) is 30.4 Å². The van der Waals surface area contributed by atoms with E-state index in [2.05, 4.69) is 27.6 Å². The number of amides is 3. The number of ether oxygens (including phenoxy) is 1. The van der Waals surface area contributed by atoms with Crippen molar-refractivity contribution >= 4 is 35.2 Å². The minimum absolute atomic E-state index is 0.0438. The van der Waals surface area contributed by atoms with Crippen LogP contribution < -0.4 is 10.2 Å². The largest absolute Gasteiger partial charge is 0.444 e. The van der Waals surface area contributed by atoms with E-state index in [1.165, 1.54) is 20.9 Å². The normalized spacial score (nSPS) is 13.0. The molecule has 1 N–H and O–H groups in total. The van der Waals surface area contributed by atoms with Gasteiger partial charge in [0.05, 0.1) is 23.8 Å². The van der Waals surface area contributed by atoms with E-state index >= 15 is 0 Å². The molecule has 0 aliphatic carbocycles. The number of halogens is 1.